The van der Waals surface area contributed by atoms with Gasteiger partial charge >= 0.3 is 0 Å². The van der Waals surface area contributed by atoms with Crippen molar-refractivity contribution in [3.05, 3.63) is 35.9 Å². The van der Waals surface area contributed by atoms with Gasteiger partial charge in [0.15, 0.2) is 0 Å². The number of rotatable bonds is 4. The second-order valence-corrected chi connectivity index (χ2v) is 4.08. The van der Waals surface area contributed by atoms with Gasteiger partial charge in [-0.25, -0.2) is 0 Å². The van der Waals surface area contributed by atoms with E-state index in [1.165, 1.54) is 0 Å². The van der Waals surface area contributed by atoms with Crippen LogP contribution in [0.3, 0.4) is 0 Å². The Morgan fingerprint density at radius 3 is 1.87 bits per heavy atom. The van der Waals surface area contributed by atoms with Crippen LogP contribution in [-0.4, -0.2) is 27.5 Å². The van der Waals surface area contributed by atoms with Crippen molar-refractivity contribution in [1.29, 1.82) is 0 Å². The zero-order valence-corrected chi connectivity index (χ0v) is 9.04. The lowest BCUT2D eigenvalue weighted by molar-refractivity contribution is -0.0769. The number of aliphatic hydroxyl groups is 3. The molecule has 0 spiro atoms. The first-order chi connectivity index (χ1) is 7.04. The van der Waals surface area contributed by atoms with E-state index < -0.39 is 18.3 Å². The molecule has 0 radical (unpaired) electrons. The molecule has 0 aliphatic rings. The first kappa shape index (κ1) is 12.2. The Morgan fingerprint density at radius 2 is 1.40 bits per heavy atom. The first-order valence-electron chi connectivity index (χ1n) is 5.13. The molecule has 1 aromatic rings. The molecule has 0 aliphatic heterocycles. The van der Waals surface area contributed by atoms with Crippen molar-refractivity contribution in [2.24, 2.45) is 5.92 Å². The van der Waals surface area contributed by atoms with Gasteiger partial charge in [-0.15, -0.1) is 0 Å². The molecule has 3 heteroatoms. The van der Waals surface area contributed by atoms with Gasteiger partial charge in [0.05, 0.1) is 6.10 Å². The minimum absolute atomic E-state index is 0.0848. The first-order valence-corrected chi connectivity index (χ1v) is 5.13. The zero-order chi connectivity index (χ0) is 11.4. The maximum atomic E-state index is 9.80. The Bertz CT molecular complexity index is 284. The van der Waals surface area contributed by atoms with Crippen molar-refractivity contribution < 1.29 is 15.3 Å². The van der Waals surface area contributed by atoms with E-state index >= 15 is 0 Å². The van der Waals surface area contributed by atoms with Gasteiger partial charge in [0.2, 0.25) is 0 Å². The van der Waals surface area contributed by atoms with E-state index in [-0.39, 0.29) is 5.92 Å². The van der Waals surface area contributed by atoms with Gasteiger partial charge in [0.1, 0.15) is 12.2 Å². The van der Waals surface area contributed by atoms with E-state index in [0.29, 0.717) is 5.56 Å². The monoisotopic (exact) mass is 210 g/mol. The Balaban J connectivity index is 2.73. The van der Waals surface area contributed by atoms with Crippen LogP contribution in [-0.2, 0) is 0 Å². The van der Waals surface area contributed by atoms with Crippen LogP contribution >= 0.6 is 0 Å². The number of hydrogen-bond donors (Lipinski definition) is 3. The molecule has 0 amide bonds. The summed E-state index contributed by atoms with van der Waals surface area (Å²) >= 11 is 0. The maximum Gasteiger partial charge on any atom is 0.110 e. The predicted octanol–water partition coefficient (Wildman–Crippen LogP) is 1.10. The molecule has 0 saturated carbocycles. The summed E-state index contributed by atoms with van der Waals surface area (Å²) in [5.74, 6) is -0.0848. The summed E-state index contributed by atoms with van der Waals surface area (Å²) in [5, 5.41) is 29.1. The molecule has 0 bridgehead atoms. The van der Waals surface area contributed by atoms with E-state index in [1.54, 1.807) is 38.1 Å². The van der Waals surface area contributed by atoms with Gasteiger partial charge in [-0.3, -0.25) is 0 Å². The standard InChI is InChI=1S/C12H18O3/c1-8(2)10(13)12(15)11(14)9-6-4-3-5-7-9/h3-8,10-15H,1-2H3/t10-,11-,12-/m1/s1. The molecule has 0 fully saturated rings. The Kier molecular flexibility index (Phi) is 4.27. The molecule has 15 heavy (non-hydrogen) atoms. The summed E-state index contributed by atoms with van der Waals surface area (Å²) < 4.78 is 0. The van der Waals surface area contributed by atoms with Gasteiger partial charge < -0.3 is 15.3 Å². The molecule has 0 saturated heterocycles. The average Bonchev–Trinajstić information content (AvgIpc) is 2.27. The van der Waals surface area contributed by atoms with E-state index in [9.17, 15) is 15.3 Å². The van der Waals surface area contributed by atoms with Gasteiger partial charge in [0, 0.05) is 0 Å². The van der Waals surface area contributed by atoms with Gasteiger partial charge in [-0.05, 0) is 11.5 Å². The quantitative estimate of drug-likeness (QED) is 0.697. The van der Waals surface area contributed by atoms with Gasteiger partial charge in [-0.2, -0.15) is 0 Å². The highest BCUT2D eigenvalue weighted by Gasteiger charge is 2.27. The highest BCUT2D eigenvalue weighted by Crippen LogP contribution is 2.21. The number of hydrogen-bond acceptors (Lipinski definition) is 3. The molecule has 1 rings (SSSR count). The van der Waals surface area contributed by atoms with Crippen LogP contribution < -0.4 is 0 Å². The van der Waals surface area contributed by atoms with E-state index in [1.807, 2.05) is 6.07 Å². The second kappa shape index (κ2) is 5.26. The predicted molar refractivity (Wildman–Crippen MR) is 58.3 cm³/mol. The zero-order valence-electron chi connectivity index (χ0n) is 9.04. The van der Waals surface area contributed by atoms with Gasteiger partial charge in [-0.1, -0.05) is 44.2 Å². The summed E-state index contributed by atoms with van der Waals surface area (Å²) in [6.45, 7) is 3.59. The third-order valence-electron chi connectivity index (χ3n) is 2.50. The minimum atomic E-state index is -1.15. The Labute approximate surface area is 90.0 Å². The largest absolute Gasteiger partial charge is 0.390 e. The van der Waals surface area contributed by atoms with Crippen LogP contribution in [0.2, 0.25) is 0 Å². The molecule has 1 aromatic carbocycles. The van der Waals surface area contributed by atoms with Crippen LogP contribution in [0.1, 0.15) is 25.5 Å². The Morgan fingerprint density at radius 1 is 0.867 bits per heavy atom. The molecule has 0 unspecified atom stereocenters. The van der Waals surface area contributed by atoms with Crippen molar-refractivity contribution in [3.63, 3.8) is 0 Å². The topological polar surface area (TPSA) is 60.7 Å². The Hall–Kier alpha value is -0.900. The fourth-order valence-electron chi connectivity index (χ4n) is 1.43. The number of benzene rings is 1. The summed E-state index contributed by atoms with van der Waals surface area (Å²) in [6, 6.07) is 8.85. The van der Waals surface area contributed by atoms with Crippen LogP contribution in [0.4, 0.5) is 0 Å². The van der Waals surface area contributed by atoms with Crippen molar-refractivity contribution in [2.45, 2.75) is 32.2 Å². The lowest BCUT2D eigenvalue weighted by Gasteiger charge is -2.25. The van der Waals surface area contributed by atoms with Crippen molar-refractivity contribution in [2.75, 3.05) is 0 Å². The summed E-state index contributed by atoms with van der Waals surface area (Å²) in [7, 11) is 0. The summed E-state index contributed by atoms with van der Waals surface area (Å²) in [6.07, 6.45) is -3.10. The molecular formula is C12H18O3. The fourth-order valence-corrected chi connectivity index (χ4v) is 1.43. The molecule has 0 aliphatic carbocycles. The molecule has 3 nitrogen and oxygen atoms in total. The van der Waals surface area contributed by atoms with Crippen LogP contribution in [0.5, 0.6) is 0 Å². The third kappa shape index (κ3) is 3.02. The molecule has 3 N–H and O–H groups in total. The molecular weight excluding hydrogens is 192 g/mol. The van der Waals surface area contributed by atoms with Gasteiger partial charge in [0.25, 0.3) is 0 Å². The lowest BCUT2D eigenvalue weighted by Crippen LogP contribution is -2.35. The van der Waals surface area contributed by atoms with E-state index in [2.05, 4.69) is 0 Å². The maximum absolute atomic E-state index is 9.80. The highest BCUT2D eigenvalue weighted by molar-refractivity contribution is 5.18. The average molecular weight is 210 g/mol. The minimum Gasteiger partial charge on any atom is -0.390 e. The van der Waals surface area contributed by atoms with Crippen molar-refractivity contribution in [1.82, 2.24) is 0 Å². The van der Waals surface area contributed by atoms with Crippen LogP contribution in [0.25, 0.3) is 0 Å². The van der Waals surface area contributed by atoms with Crippen LogP contribution in [0.15, 0.2) is 30.3 Å². The molecule has 3 atom stereocenters. The number of aliphatic hydroxyl groups excluding tert-OH is 3. The third-order valence-corrected chi connectivity index (χ3v) is 2.50. The molecule has 0 aromatic heterocycles. The lowest BCUT2D eigenvalue weighted by atomic mass is 9.94. The second-order valence-electron chi connectivity index (χ2n) is 4.08. The van der Waals surface area contributed by atoms with E-state index in [0.717, 1.165) is 0 Å². The van der Waals surface area contributed by atoms with Crippen molar-refractivity contribution >= 4 is 0 Å². The van der Waals surface area contributed by atoms with Crippen LogP contribution in [0, 0.1) is 5.92 Å². The normalized spacial score (nSPS) is 17.5. The smallest absolute Gasteiger partial charge is 0.110 e. The summed E-state index contributed by atoms with van der Waals surface area (Å²) in [4.78, 5) is 0. The summed E-state index contributed by atoms with van der Waals surface area (Å²) in [5.41, 5.74) is 0.615. The fraction of sp³-hybridized carbons (Fsp3) is 0.500. The van der Waals surface area contributed by atoms with E-state index in [4.69, 9.17) is 0 Å². The molecule has 84 valence electrons. The molecule has 0 heterocycles. The highest BCUT2D eigenvalue weighted by atomic mass is 16.4. The van der Waals surface area contributed by atoms with Crippen molar-refractivity contribution in [3.8, 4) is 0 Å². The SMILES string of the molecule is CC(C)[C@@H](O)[C@@H](O)[C@H](O)c1ccccc1.